The number of methoxy groups -OCH3 is 1. The summed E-state index contributed by atoms with van der Waals surface area (Å²) in [5.74, 6) is 0.434. The molecule has 1 heterocycles. The molecule has 0 saturated carbocycles. The van der Waals surface area contributed by atoms with Crippen molar-refractivity contribution in [2.75, 3.05) is 44.7 Å². The zero-order valence-corrected chi connectivity index (χ0v) is 20.7. The summed E-state index contributed by atoms with van der Waals surface area (Å²) in [6.45, 7) is 3.60. The number of nitrogens with one attached hydrogen (secondary N) is 1. The number of hydrogen-bond acceptors (Lipinski definition) is 4. The Labute approximate surface area is 208 Å². The van der Waals surface area contributed by atoms with Crippen molar-refractivity contribution in [3.8, 4) is 5.75 Å². The Morgan fingerprint density at radius 1 is 0.886 bits per heavy atom. The maximum atomic E-state index is 13.4. The summed E-state index contributed by atoms with van der Waals surface area (Å²) in [5, 5.41) is 3.10. The van der Waals surface area contributed by atoms with Crippen LogP contribution in [0.1, 0.15) is 31.2 Å². The molecule has 1 saturated heterocycles. The molecule has 1 fully saturated rings. The standard InChI is InChI=1S/C29H37N3O3/c1-35-25-16-14-24(15-17-25)31-19-21-32(22-20-31)29(34)27-13-6-5-12-26(27)28(33)30-18-8-7-11-23-9-3-2-4-10-23/h2-6,9-10,14-17,26-27H,7-8,11-13,18-22H2,1H3,(H,30,33). The summed E-state index contributed by atoms with van der Waals surface area (Å²) in [4.78, 5) is 30.6. The minimum absolute atomic E-state index is 0.0179. The van der Waals surface area contributed by atoms with Gasteiger partial charge in [0.1, 0.15) is 5.75 Å². The van der Waals surface area contributed by atoms with Crippen molar-refractivity contribution in [3.05, 3.63) is 72.3 Å². The number of aryl methyl sites for hydroxylation is 1. The van der Waals surface area contributed by atoms with Gasteiger partial charge < -0.3 is 19.9 Å². The summed E-state index contributed by atoms with van der Waals surface area (Å²) in [7, 11) is 1.67. The third kappa shape index (κ3) is 6.65. The van der Waals surface area contributed by atoms with Gasteiger partial charge in [0.05, 0.1) is 18.9 Å². The average molecular weight is 476 g/mol. The molecule has 2 aromatic carbocycles. The number of carbonyl (C=O) groups excluding carboxylic acids is 2. The fraction of sp³-hybridized carbons (Fsp3) is 0.448. The molecule has 2 aromatic rings. The highest BCUT2D eigenvalue weighted by Gasteiger charge is 2.37. The monoisotopic (exact) mass is 475 g/mol. The number of ether oxygens (including phenoxy) is 1. The molecule has 0 spiro atoms. The van der Waals surface area contributed by atoms with Crippen LogP contribution in [0, 0.1) is 11.8 Å². The van der Waals surface area contributed by atoms with E-state index in [1.807, 2.05) is 29.2 Å². The molecule has 186 valence electrons. The number of piperazine rings is 1. The van der Waals surface area contributed by atoms with Crippen molar-refractivity contribution in [2.24, 2.45) is 11.8 Å². The fourth-order valence-electron chi connectivity index (χ4n) is 5.03. The molecule has 2 atom stereocenters. The molecule has 0 radical (unpaired) electrons. The van der Waals surface area contributed by atoms with Gasteiger partial charge in [-0.05, 0) is 61.9 Å². The molecule has 2 aliphatic rings. The molecule has 1 aliphatic heterocycles. The first-order valence-electron chi connectivity index (χ1n) is 12.8. The van der Waals surface area contributed by atoms with Gasteiger partial charge in [-0.3, -0.25) is 9.59 Å². The topological polar surface area (TPSA) is 61.9 Å². The summed E-state index contributed by atoms with van der Waals surface area (Å²) in [6, 6.07) is 18.5. The summed E-state index contributed by atoms with van der Waals surface area (Å²) in [6.07, 6.45) is 8.38. The molecular weight excluding hydrogens is 438 g/mol. The molecule has 6 heteroatoms. The van der Waals surface area contributed by atoms with Gasteiger partial charge in [0, 0.05) is 38.4 Å². The van der Waals surface area contributed by atoms with Gasteiger partial charge in [-0.2, -0.15) is 0 Å². The van der Waals surface area contributed by atoms with Crippen LogP contribution in [0.3, 0.4) is 0 Å². The average Bonchev–Trinajstić information content (AvgIpc) is 2.93. The first-order chi connectivity index (χ1) is 17.2. The summed E-state index contributed by atoms with van der Waals surface area (Å²) in [5.41, 5.74) is 2.47. The van der Waals surface area contributed by atoms with Crippen molar-refractivity contribution in [2.45, 2.75) is 32.1 Å². The van der Waals surface area contributed by atoms with Crippen LogP contribution in [0.15, 0.2) is 66.7 Å². The van der Waals surface area contributed by atoms with E-state index in [9.17, 15) is 9.59 Å². The number of amides is 2. The van der Waals surface area contributed by atoms with Gasteiger partial charge >= 0.3 is 0 Å². The molecule has 1 N–H and O–H groups in total. The van der Waals surface area contributed by atoms with Crippen molar-refractivity contribution in [1.82, 2.24) is 10.2 Å². The number of benzene rings is 2. The van der Waals surface area contributed by atoms with Crippen molar-refractivity contribution in [1.29, 1.82) is 0 Å². The zero-order chi connectivity index (χ0) is 24.5. The highest BCUT2D eigenvalue weighted by atomic mass is 16.5. The van der Waals surface area contributed by atoms with Gasteiger partial charge in [0.15, 0.2) is 0 Å². The van der Waals surface area contributed by atoms with Crippen LogP contribution in [0.2, 0.25) is 0 Å². The number of hydrogen-bond donors (Lipinski definition) is 1. The van der Waals surface area contributed by atoms with Gasteiger partial charge in [-0.25, -0.2) is 0 Å². The smallest absolute Gasteiger partial charge is 0.226 e. The van der Waals surface area contributed by atoms with Crippen LogP contribution < -0.4 is 15.0 Å². The van der Waals surface area contributed by atoms with Crippen LogP contribution in [0.4, 0.5) is 5.69 Å². The number of nitrogens with zero attached hydrogens (tertiary/aromatic N) is 2. The number of allylic oxidation sites excluding steroid dienone is 2. The Bertz CT molecular complexity index is 982. The maximum absolute atomic E-state index is 13.4. The second-order valence-electron chi connectivity index (χ2n) is 9.40. The zero-order valence-electron chi connectivity index (χ0n) is 20.7. The van der Waals surface area contributed by atoms with E-state index in [4.69, 9.17) is 4.74 Å². The van der Waals surface area contributed by atoms with E-state index in [0.717, 1.165) is 43.8 Å². The van der Waals surface area contributed by atoms with Crippen LogP contribution >= 0.6 is 0 Å². The lowest BCUT2D eigenvalue weighted by atomic mass is 9.81. The van der Waals surface area contributed by atoms with Crippen molar-refractivity contribution < 1.29 is 14.3 Å². The molecule has 1 aliphatic carbocycles. The Balaban J connectivity index is 1.24. The molecule has 35 heavy (non-hydrogen) atoms. The number of carbonyl (C=O) groups is 2. The number of unbranched alkanes of at least 4 members (excludes halogenated alkanes) is 1. The van der Waals surface area contributed by atoms with E-state index in [2.05, 4.69) is 52.7 Å². The van der Waals surface area contributed by atoms with Crippen molar-refractivity contribution in [3.63, 3.8) is 0 Å². The molecule has 2 amide bonds. The minimum atomic E-state index is -0.277. The van der Waals surface area contributed by atoms with Gasteiger partial charge in [0.25, 0.3) is 0 Å². The van der Waals surface area contributed by atoms with Crippen LogP contribution in [0.25, 0.3) is 0 Å². The Kier molecular flexibility index (Phi) is 8.82. The second kappa shape index (κ2) is 12.4. The van der Waals surface area contributed by atoms with Gasteiger partial charge in [-0.1, -0.05) is 42.5 Å². The largest absolute Gasteiger partial charge is 0.497 e. The van der Waals surface area contributed by atoms with E-state index in [-0.39, 0.29) is 23.7 Å². The predicted molar refractivity (Wildman–Crippen MR) is 140 cm³/mol. The fourth-order valence-corrected chi connectivity index (χ4v) is 5.03. The molecular formula is C29H37N3O3. The predicted octanol–water partition coefficient (Wildman–Crippen LogP) is 4.07. The maximum Gasteiger partial charge on any atom is 0.226 e. The molecule has 0 bridgehead atoms. The Morgan fingerprint density at radius 2 is 1.57 bits per heavy atom. The number of rotatable bonds is 9. The summed E-state index contributed by atoms with van der Waals surface area (Å²) >= 11 is 0. The van der Waals surface area contributed by atoms with E-state index >= 15 is 0 Å². The summed E-state index contributed by atoms with van der Waals surface area (Å²) < 4.78 is 5.25. The highest BCUT2D eigenvalue weighted by Crippen LogP contribution is 2.29. The van der Waals surface area contributed by atoms with Crippen LogP contribution in [0.5, 0.6) is 5.75 Å². The van der Waals surface area contributed by atoms with Crippen LogP contribution in [-0.2, 0) is 16.0 Å². The van der Waals surface area contributed by atoms with E-state index < -0.39 is 0 Å². The Hall–Kier alpha value is -3.28. The van der Waals surface area contributed by atoms with E-state index in [0.29, 0.717) is 32.5 Å². The third-order valence-corrected chi connectivity index (χ3v) is 7.15. The van der Waals surface area contributed by atoms with Gasteiger partial charge in [0.2, 0.25) is 11.8 Å². The van der Waals surface area contributed by atoms with Gasteiger partial charge in [-0.15, -0.1) is 0 Å². The SMILES string of the molecule is COc1ccc(N2CCN(C(=O)C3CC=CCC3C(=O)NCCCCc3ccccc3)CC2)cc1. The second-order valence-corrected chi connectivity index (χ2v) is 9.40. The Morgan fingerprint density at radius 3 is 2.26 bits per heavy atom. The van der Waals surface area contributed by atoms with E-state index in [1.54, 1.807) is 7.11 Å². The van der Waals surface area contributed by atoms with Crippen LogP contribution in [-0.4, -0.2) is 56.5 Å². The van der Waals surface area contributed by atoms with Crippen molar-refractivity contribution >= 4 is 17.5 Å². The molecule has 4 rings (SSSR count). The molecule has 0 aromatic heterocycles. The minimum Gasteiger partial charge on any atom is -0.497 e. The normalized spacial score (nSPS) is 19.9. The lowest BCUT2D eigenvalue weighted by molar-refractivity contribution is -0.142. The third-order valence-electron chi connectivity index (χ3n) is 7.15. The molecule has 2 unspecified atom stereocenters. The quantitative estimate of drug-likeness (QED) is 0.439. The number of anilines is 1. The lowest BCUT2D eigenvalue weighted by Gasteiger charge is -2.39. The first-order valence-corrected chi connectivity index (χ1v) is 12.8. The highest BCUT2D eigenvalue weighted by molar-refractivity contribution is 5.88. The lowest BCUT2D eigenvalue weighted by Crippen LogP contribution is -2.52. The molecule has 6 nitrogen and oxygen atoms in total. The first kappa shape index (κ1) is 24.8. The van der Waals surface area contributed by atoms with E-state index in [1.165, 1.54) is 5.56 Å².